The second kappa shape index (κ2) is 9.56. The largest absolute Gasteiger partial charge is 0.481 e. The molecule has 0 fully saturated rings. The molecule has 3 heteroatoms. The van der Waals surface area contributed by atoms with Crippen LogP contribution in [0.2, 0.25) is 0 Å². The Balaban J connectivity index is 1.99. The van der Waals surface area contributed by atoms with E-state index in [9.17, 15) is 4.79 Å². The molecular formula is C16H25NO2. The van der Waals surface area contributed by atoms with Gasteiger partial charge in [-0.3, -0.25) is 4.79 Å². The van der Waals surface area contributed by atoms with Crippen LogP contribution in [0.3, 0.4) is 0 Å². The van der Waals surface area contributed by atoms with E-state index in [-0.39, 0.29) is 0 Å². The molecule has 106 valence electrons. The molecular weight excluding hydrogens is 238 g/mol. The minimum Gasteiger partial charge on any atom is -0.481 e. The zero-order valence-corrected chi connectivity index (χ0v) is 11.8. The third kappa shape index (κ3) is 8.38. The lowest BCUT2D eigenvalue weighted by atomic mass is 10.1. The van der Waals surface area contributed by atoms with Crippen LogP contribution in [0.5, 0.6) is 0 Å². The summed E-state index contributed by atoms with van der Waals surface area (Å²) < 4.78 is 0. The van der Waals surface area contributed by atoms with E-state index in [1.54, 1.807) is 0 Å². The molecule has 1 aromatic carbocycles. The minimum absolute atomic E-state index is 0.295. The summed E-state index contributed by atoms with van der Waals surface area (Å²) in [5.74, 6) is -0.691. The normalized spacial score (nSPS) is 12.3. The van der Waals surface area contributed by atoms with Crippen molar-refractivity contribution in [3.05, 3.63) is 35.9 Å². The van der Waals surface area contributed by atoms with Gasteiger partial charge in [0.2, 0.25) is 0 Å². The van der Waals surface area contributed by atoms with Crippen molar-refractivity contribution in [3.63, 3.8) is 0 Å². The molecule has 1 aromatic rings. The first-order valence-electron chi connectivity index (χ1n) is 7.17. The van der Waals surface area contributed by atoms with Gasteiger partial charge in [0.15, 0.2) is 0 Å². The Morgan fingerprint density at radius 1 is 1.21 bits per heavy atom. The predicted molar refractivity (Wildman–Crippen MR) is 78.3 cm³/mol. The van der Waals surface area contributed by atoms with Crippen LogP contribution < -0.4 is 5.32 Å². The molecule has 0 spiro atoms. The van der Waals surface area contributed by atoms with Crippen LogP contribution in [0.15, 0.2) is 30.3 Å². The maximum absolute atomic E-state index is 10.3. The third-order valence-electron chi connectivity index (χ3n) is 3.27. The van der Waals surface area contributed by atoms with Crippen LogP contribution >= 0.6 is 0 Å². The molecule has 0 amide bonds. The standard InChI is InChI=1S/C16H25NO2/c1-14(11-12-15-8-4-2-5-9-15)17-13-7-3-6-10-16(18)19/h2,4-5,8-9,14,17H,3,6-7,10-13H2,1H3,(H,18,19). The lowest BCUT2D eigenvalue weighted by molar-refractivity contribution is -0.137. The number of hydrogen-bond acceptors (Lipinski definition) is 2. The number of hydrogen-bond donors (Lipinski definition) is 2. The summed E-state index contributed by atoms with van der Waals surface area (Å²) in [6, 6.07) is 11.0. The Morgan fingerprint density at radius 3 is 2.63 bits per heavy atom. The number of carboxylic acid groups (broad SMARTS) is 1. The summed E-state index contributed by atoms with van der Waals surface area (Å²) in [5.41, 5.74) is 1.39. The highest BCUT2D eigenvalue weighted by atomic mass is 16.4. The molecule has 0 radical (unpaired) electrons. The van der Waals surface area contributed by atoms with Crippen LogP contribution in [0.1, 0.15) is 44.6 Å². The van der Waals surface area contributed by atoms with Gasteiger partial charge < -0.3 is 10.4 Å². The number of nitrogens with one attached hydrogen (secondary N) is 1. The quantitative estimate of drug-likeness (QED) is 0.637. The number of unbranched alkanes of at least 4 members (excludes halogenated alkanes) is 2. The maximum atomic E-state index is 10.3. The Hall–Kier alpha value is -1.35. The summed E-state index contributed by atoms with van der Waals surface area (Å²) in [5, 5.41) is 12.0. The van der Waals surface area contributed by atoms with E-state index < -0.39 is 5.97 Å². The number of carboxylic acids is 1. The first kappa shape index (κ1) is 15.7. The molecule has 0 heterocycles. The maximum Gasteiger partial charge on any atom is 0.303 e. The van der Waals surface area contributed by atoms with Gasteiger partial charge in [0.25, 0.3) is 0 Å². The monoisotopic (exact) mass is 263 g/mol. The van der Waals surface area contributed by atoms with Crippen LogP contribution in [0.4, 0.5) is 0 Å². The van der Waals surface area contributed by atoms with E-state index in [0.717, 1.165) is 38.6 Å². The van der Waals surface area contributed by atoms with Gasteiger partial charge in [0.1, 0.15) is 0 Å². The zero-order chi connectivity index (χ0) is 13.9. The van der Waals surface area contributed by atoms with Crippen molar-refractivity contribution in [3.8, 4) is 0 Å². The number of carbonyl (C=O) groups is 1. The Kier molecular flexibility index (Phi) is 7.91. The van der Waals surface area contributed by atoms with Crippen molar-refractivity contribution < 1.29 is 9.90 Å². The van der Waals surface area contributed by atoms with Gasteiger partial charge >= 0.3 is 5.97 Å². The SMILES string of the molecule is CC(CCc1ccccc1)NCCCCCC(=O)O. The molecule has 3 nitrogen and oxygen atoms in total. The van der Waals surface area contributed by atoms with Gasteiger partial charge in [0, 0.05) is 12.5 Å². The Morgan fingerprint density at radius 2 is 1.95 bits per heavy atom. The number of rotatable bonds is 10. The smallest absolute Gasteiger partial charge is 0.303 e. The molecule has 0 aromatic heterocycles. The molecule has 2 N–H and O–H groups in total. The molecule has 0 aliphatic rings. The molecule has 1 rings (SSSR count). The molecule has 0 saturated carbocycles. The molecule has 1 atom stereocenters. The zero-order valence-electron chi connectivity index (χ0n) is 11.8. The Bertz CT molecular complexity index is 351. The van der Waals surface area contributed by atoms with E-state index >= 15 is 0 Å². The van der Waals surface area contributed by atoms with Gasteiger partial charge in [-0.25, -0.2) is 0 Å². The Labute approximate surface area is 116 Å². The van der Waals surface area contributed by atoms with Crippen LogP contribution in [0.25, 0.3) is 0 Å². The summed E-state index contributed by atoms with van der Waals surface area (Å²) in [6.07, 6.45) is 5.37. The first-order chi connectivity index (χ1) is 9.18. The lowest BCUT2D eigenvalue weighted by Crippen LogP contribution is -2.27. The van der Waals surface area contributed by atoms with Gasteiger partial charge in [-0.1, -0.05) is 36.8 Å². The van der Waals surface area contributed by atoms with Gasteiger partial charge in [0.05, 0.1) is 0 Å². The number of aryl methyl sites for hydroxylation is 1. The fourth-order valence-corrected chi connectivity index (χ4v) is 2.06. The fraction of sp³-hybridized carbons (Fsp3) is 0.562. The van der Waals surface area contributed by atoms with E-state index in [0.29, 0.717) is 12.5 Å². The van der Waals surface area contributed by atoms with E-state index in [4.69, 9.17) is 5.11 Å². The summed E-state index contributed by atoms with van der Waals surface area (Å²) in [6.45, 7) is 3.19. The minimum atomic E-state index is -0.691. The predicted octanol–water partition coefficient (Wildman–Crippen LogP) is 3.24. The molecule has 1 unspecified atom stereocenters. The van der Waals surface area contributed by atoms with Crippen molar-refractivity contribution in [2.24, 2.45) is 0 Å². The molecule has 0 aliphatic carbocycles. The highest BCUT2D eigenvalue weighted by Crippen LogP contribution is 2.05. The van der Waals surface area contributed by atoms with Gasteiger partial charge in [-0.15, -0.1) is 0 Å². The molecule has 0 bridgehead atoms. The number of aliphatic carboxylic acids is 1. The summed E-state index contributed by atoms with van der Waals surface area (Å²) in [4.78, 5) is 10.3. The van der Waals surface area contributed by atoms with Gasteiger partial charge in [-0.2, -0.15) is 0 Å². The van der Waals surface area contributed by atoms with Crippen LogP contribution in [0, 0.1) is 0 Å². The van der Waals surface area contributed by atoms with Crippen molar-refractivity contribution in [2.45, 2.75) is 51.5 Å². The van der Waals surface area contributed by atoms with Crippen LogP contribution in [-0.4, -0.2) is 23.7 Å². The van der Waals surface area contributed by atoms with E-state index in [1.807, 2.05) is 6.07 Å². The van der Waals surface area contributed by atoms with E-state index in [1.165, 1.54) is 5.56 Å². The van der Waals surface area contributed by atoms with Crippen molar-refractivity contribution in [2.75, 3.05) is 6.54 Å². The first-order valence-corrected chi connectivity index (χ1v) is 7.17. The molecule has 0 aliphatic heterocycles. The van der Waals surface area contributed by atoms with E-state index in [2.05, 4.69) is 36.5 Å². The fourth-order valence-electron chi connectivity index (χ4n) is 2.06. The third-order valence-corrected chi connectivity index (χ3v) is 3.27. The number of benzene rings is 1. The molecule has 19 heavy (non-hydrogen) atoms. The molecule has 0 saturated heterocycles. The second-order valence-corrected chi connectivity index (χ2v) is 5.08. The van der Waals surface area contributed by atoms with Crippen LogP contribution in [-0.2, 0) is 11.2 Å². The average Bonchev–Trinajstić information content (AvgIpc) is 2.41. The highest BCUT2D eigenvalue weighted by molar-refractivity contribution is 5.66. The average molecular weight is 263 g/mol. The summed E-state index contributed by atoms with van der Waals surface area (Å²) in [7, 11) is 0. The van der Waals surface area contributed by atoms with Crippen molar-refractivity contribution in [1.29, 1.82) is 0 Å². The van der Waals surface area contributed by atoms with Gasteiger partial charge in [-0.05, 0) is 44.7 Å². The topological polar surface area (TPSA) is 49.3 Å². The summed E-state index contributed by atoms with van der Waals surface area (Å²) >= 11 is 0. The highest BCUT2D eigenvalue weighted by Gasteiger charge is 2.02. The van der Waals surface area contributed by atoms with Crippen molar-refractivity contribution in [1.82, 2.24) is 5.32 Å². The second-order valence-electron chi connectivity index (χ2n) is 5.08. The van der Waals surface area contributed by atoms with Crippen molar-refractivity contribution >= 4 is 5.97 Å². The lowest BCUT2D eigenvalue weighted by Gasteiger charge is -2.13.